The van der Waals surface area contributed by atoms with Crippen molar-refractivity contribution < 1.29 is 9.13 Å². The Morgan fingerprint density at radius 1 is 1.32 bits per heavy atom. The number of alkyl halides is 1. The molecule has 0 aliphatic carbocycles. The number of nitrogens with zero attached hydrogens (tertiary/aromatic N) is 2. The highest BCUT2D eigenvalue weighted by Gasteiger charge is 2.01. The van der Waals surface area contributed by atoms with Gasteiger partial charge in [0.15, 0.2) is 0 Å². The van der Waals surface area contributed by atoms with E-state index in [4.69, 9.17) is 4.74 Å². The number of allylic oxidation sites excluding steroid dienone is 2. The first-order chi connectivity index (χ1) is 10.4. The van der Waals surface area contributed by atoms with Crippen LogP contribution in [0.5, 0.6) is 5.75 Å². The van der Waals surface area contributed by atoms with Crippen LogP contribution in [-0.4, -0.2) is 30.6 Å². The predicted molar refractivity (Wildman–Crippen MR) is 91.8 cm³/mol. The fraction of sp³-hybridized carbons (Fsp3) is 0.389. The molecule has 1 aromatic carbocycles. The van der Waals surface area contributed by atoms with E-state index in [1.165, 1.54) is 6.92 Å². The first-order valence-corrected chi connectivity index (χ1v) is 7.36. The average molecular weight is 304 g/mol. The summed E-state index contributed by atoms with van der Waals surface area (Å²) in [6, 6.07) is 7.33. The van der Waals surface area contributed by atoms with Gasteiger partial charge in [-0.2, -0.15) is 0 Å². The summed E-state index contributed by atoms with van der Waals surface area (Å²) in [5, 5.41) is 0. The third-order valence-electron chi connectivity index (χ3n) is 2.97. The lowest BCUT2D eigenvalue weighted by Gasteiger charge is -2.12. The molecule has 22 heavy (non-hydrogen) atoms. The Morgan fingerprint density at radius 3 is 2.50 bits per heavy atom. The number of ether oxygens (including phenoxy) is 1. The van der Waals surface area contributed by atoms with E-state index in [1.807, 2.05) is 58.4 Å². The molecule has 4 heteroatoms. The summed E-state index contributed by atoms with van der Waals surface area (Å²) in [5.74, 6) is 0.527. The van der Waals surface area contributed by atoms with Crippen LogP contribution >= 0.6 is 0 Å². The molecule has 0 aromatic heterocycles. The van der Waals surface area contributed by atoms with Gasteiger partial charge in [0.2, 0.25) is 6.36 Å². The predicted octanol–water partition coefficient (Wildman–Crippen LogP) is 4.67. The molecule has 0 amide bonds. The Kier molecular flexibility index (Phi) is 7.37. The van der Waals surface area contributed by atoms with Crippen molar-refractivity contribution in [2.24, 2.45) is 4.99 Å². The maximum atomic E-state index is 12.8. The smallest absolute Gasteiger partial charge is 0.235 e. The van der Waals surface area contributed by atoms with Gasteiger partial charge in [0.05, 0.1) is 6.54 Å². The Labute approximate surface area is 132 Å². The zero-order chi connectivity index (χ0) is 16.5. The minimum absolute atomic E-state index is 0.527. The molecule has 1 atom stereocenters. The van der Waals surface area contributed by atoms with Crippen LogP contribution < -0.4 is 4.74 Å². The molecule has 0 saturated carbocycles. The molecular formula is C18H25FN2O. The highest BCUT2D eigenvalue weighted by Crippen LogP contribution is 2.19. The lowest BCUT2D eigenvalue weighted by Crippen LogP contribution is -2.18. The van der Waals surface area contributed by atoms with Crippen molar-refractivity contribution in [3.05, 3.63) is 48.3 Å². The van der Waals surface area contributed by atoms with Crippen LogP contribution in [0.3, 0.4) is 0 Å². The minimum Gasteiger partial charge on any atom is -0.461 e. The molecule has 120 valence electrons. The van der Waals surface area contributed by atoms with Gasteiger partial charge in [0, 0.05) is 25.9 Å². The third-order valence-corrected chi connectivity index (χ3v) is 2.97. The van der Waals surface area contributed by atoms with Gasteiger partial charge < -0.3 is 9.64 Å². The number of benzene rings is 1. The van der Waals surface area contributed by atoms with Crippen molar-refractivity contribution >= 4 is 11.3 Å². The summed E-state index contributed by atoms with van der Waals surface area (Å²) in [6.45, 7) is 8.14. The molecule has 0 heterocycles. The van der Waals surface area contributed by atoms with Gasteiger partial charge in [-0.1, -0.05) is 18.2 Å². The fourth-order valence-corrected chi connectivity index (χ4v) is 1.97. The van der Waals surface area contributed by atoms with Crippen LogP contribution in [0, 0.1) is 0 Å². The van der Waals surface area contributed by atoms with Crippen molar-refractivity contribution in [1.29, 1.82) is 0 Å². The summed E-state index contributed by atoms with van der Waals surface area (Å²) in [6.07, 6.45) is 4.56. The lowest BCUT2D eigenvalue weighted by molar-refractivity contribution is 0.0860. The van der Waals surface area contributed by atoms with Crippen molar-refractivity contribution in [1.82, 2.24) is 4.90 Å². The Morgan fingerprint density at radius 2 is 1.95 bits per heavy atom. The lowest BCUT2D eigenvalue weighted by atomic mass is 10.1. The molecule has 0 aliphatic heterocycles. The van der Waals surface area contributed by atoms with Gasteiger partial charge in [-0.15, -0.1) is 0 Å². The van der Waals surface area contributed by atoms with Gasteiger partial charge >= 0.3 is 0 Å². The maximum absolute atomic E-state index is 12.8. The molecule has 1 unspecified atom stereocenters. The first kappa shape index (κ1) is 18.0. The molecular weight excluding hydrogens is 279 g/mol. The SMILES string of the molecule is C/C=C\N(C)CC(C)=N/C=C(\C)c1ccc(OC(C)F)cc1. The van der Waals surface area contributed by atoms with E-state index in [0.29, 0.717) is 5.75 Å². The van der Waals surface area contributed by atoms with Crippen LogP contribution in [-0.2, 0) is 0 Å². The van der Waals surface area contributed by atoms with Crippen molar-refractivity contribution in [2.75, 3.05) is 13.6 Å². The van der Waals surface area contributed by atoms with Crippen LogP contribution in [0.4, 0.5) is 4.39 Å². The largest absolute Gasteiger partial charge is 0.461 e. The summed E-state index contributed by atoms with van der Waals surface area (Å²) >= 11 is 0. The van der Waals surface area contributed by atoms with E-state index in [-0.39, 0.29) is 0 Å². The van der Waals surface area contributed by atoms with E-state index in [2.05, 4.69) is 9.89 Å². The molecule has 0 spiro atoms. The van der Waals surface area contributed by atoms with Gasteiger partial charge in [-0.25, -0.2) is 4.39 Å². The summed E-state index contributed by atoms with van der Waals surface area (Å²) in [5.41, 5.74) is 3.12. The molecule has 0 saturated heterocycles. The second-order valence-corrected chi connectivity index (χ2v) is 5.26. The Bertz CT molecular complexity index is 545. The minimum atomic E-state index is -1.30. The standard InChI is InChI=1S/C18H25FN2O/c1-6-11-21(5)13-15(3)20-12-14(2)17-7-9-18(10-8-17)22-16(4)19/h6-12,16H,13H2,1-5H3/b11-6-,14-12+,20-15?. The number of halogens is 1. The normalized spacial score (nSPS) is 14.3. The quantitative estimate of drug-likeness (QED) is 0.684. The maximum Gasteiger partial charge on any atom is 0.235 e. The van der Waals surface area contributed by atoms with E-state index in [0.717, 1.165) is 23.4 Å². The Balaban J connectivity index is 2.71. The second-order valence-electron chi connectivity index (χ2n) is 5.26. The number of hydrogen-bond donors (Lipinski definition) is 0. The molecule has 0 radical (unpaired) electrons. The molecule has 1 aromatic rings. The van der Waals surface area contributed by atoms with Crippen LogP contribution in [0.15, 0.2) is 47.7 Å². The second kappa shape index (κ2) is 9.03. The fourth-order valence-electron chi connectivity index (χ4n) is 1.97. The Hall–Kier alpha value is -2.10. The van der Waals surface area contributed by atoms with Gasteiger partial charge in [0.25, 0.3) is 0 Å². The van der Waals surface area contributed by atoms with Crippen molar-refractivity contribution in [2.45, 2.75) is 34.1 Å². The molecule has 1 rings (SSSR count). The summed E-state index contributed by atoms with van der Waals surface area (Å²) < 4.78 is 17.7. The van der Waals surface area contributed by atoms with Gasteiger partial charge in [-0.3, -0.25) is 4.99 Å². The van der Waals surface area contributed by atoms with Crippen LogP contribution in [0.2, 0.25) is 0 Å². The molecule has 0 N–H and O–H groups in total. The number of hydrogen-bond acceptors (Lipinski definition) is 3. The zero-order valence-electron chi connectivity index (χ0n) is 14.0. The van der Waals surface area contributed by atoms with E-state index in [9.17, 15) is 4.39 Å². The zero-order valence-corrected chi connectivity index (χ0v) is 14.0. The van der Waals surface area contributed by atoms with Crippen LogP contribution in [0.1, 0.15) is 33.3 Å². The van der Waals surface area contributed by atoms with Gasteiger partial charge in [-0.05, 0) is 50.2 Å². The molecule has 0 fully saturated rings. The topological polar surface area (TPSA) is 24.8 Å². The molecule has 3 nitrogen and oxygen atoms in total. The van der Waals surface area contributed by atoms with E-state index in [1.54, 1.807) is 12.1 Å². The third kappa shape index (κ3) is 6.57. The number of aliphatic imine (C=N–C) groups is 1. The van der Waals surface area contributed by atoms with Crippen molar-refractivity contribution in [3.63, 3.8) is 0 Å². The highest BCUT2D eigenvalue weighted by atomic mass is 19.1. The summed E-state index contributed by atoms with van der Waals surface area (Å²) in [7, 11) is 2.01. The number of rotatable bonds is 7. The molecule has 0 aliphatic rings. The monoisotopic (exact) mass is 304 g/mol. The van der Waals surface area contributed by atoms with E-state index >= 15 is 0 Å². The van der Waals surface area contributed by atoms with Gasteiger partial charge in [0.1, 0.15) is 5.75 Å². The first-order valence-electron chi connectivity index (χ1n) is 7.36. The highest BCUT2D eigenvalue weighted by molar-refractivity contribution is 5.85. The van der Waals surface area contributed by atoms with Crippen LogP contribution in [0.25, 0.3) is 5.57 Å². The molecule has 0 bridgehead atoms. The van der Waals surface area contributed by atoms with E-state index < -0.39 is 6.36 Å². The van der Waals surface area contributed by atoms with Crippen molar-refractivity contribution in [3.8, 4) is 5.75 Å². The summed E-state index contributed by atoms with van der Waals surface area (Å²) in [4.78, 5) is 6.56. The average Bonchev–Trinajstić information content (AvgIpc) is 2.45.